The number of aryl methyl sites for hydroxylation is 2. The molecule has 1 atom stereocenters. The van der Waals surface area contributed by atoms with Gasteiger partial charge in [-0.05, 0) is 43.9 Å². The maximum atomic E-state index is 4.52. The molecule has 0 radical (unpaired) electrons. The van der Waals surface area contributed by atoms with Gasteiger partial charge in [0.25, 0.3) is 0 Å². The molecule has 0 aliphatic carbocycles. The number of hydrogen-bond donors (Lipinski definition) is 1. The van der Waals surface area contributed by atoms with E-state index < -0.39 is 0 Å². The summed E-state index contributed by atoms with van der Waals surface area (Å²) in [6.07, 6.45) is 5.34. The number of hydrogen-bond acceptors (Lipinski definition) is 2. The van der Waals surface area contributed by atoms with E-state index in [9.17, 15) is 0 Å². The van der Waals surface area contributed by atoms with Gasteiger partial charge in [0.1, 0.15) is 0 Å². The summed E-state index contributed by atoms with van der Waals surface area (Å²) in [5, 5.41) is 8.05. The van der Waals surface area contributed by atoms with E-state index in [4.69, 9.17) is 0 Å². The predicted molar refractivity (Wildman–Crippen MR) is 89.5 cm³/mol. The molecule has 0 bridgehead atoms. The number of benzene rings is 1. The lowest BCUT2D eigenvalue weighted by molar-refractivity contribution is 0.543. The lowest BCUT2D eigenvalue weighted by atomic mass is 10.0. The highest BCUT2D eigenvalue weighted by Gasteiger charge is 2.09. The van der Waals surface area contributed by atoms with Crippen LogP contribution in [0.3, 0.4) is 0 Å². The van der Waals surface area contributed by atoms with Crippen LogP contribution in [0.15, 0.2) is 30.5 Å². The van der Waals surface area contributed by atoms with Crippen molar-refractivity contribution in [3.8, 4) is 11.1 Å². The number of nitrogens with one attached hydrogen (secondary N) is 1. The van der Waals surface area contributed by atoms with Crippen LogP contribution in [0.25, 0.3) is 11.1 Å². The lowest BCUT2D eigenvalue weighted by Crippen LogP contribution is -2.28. The van der Waals surface area contributed by atoms with Crippen LogP contribution in [0.5, 0.6) is 0 Å². The third-order valence-electron chi connectivity index (χ3n) is 3.79. The average molecular weight is 285 g/mol. The highest BCUT2D eigenvalue weighted by Crippen LogP contribution is 2.23. The summed E-state index contributed by atoms with van der Waals surface area (Å²) in [4.78, 5) is 0. The van der Waals surface area contributed by atoms with Crippen molar-refractivity contribution >= 4 is 0 Å². The maximum Gasteiger partial charge on any atom is 0.0700 e. The molecule has 0 aliphatic rings. The molecule has 0 saturated heterocycles. The van der Waals surface area contributed by atoms with Crippen LogP contribution in [-0.4, -0.2) is 22.4 Å². The first kappa shape index (κ1) is 15.8. The molecule has 0 aliphatic heterocycles. The van der Waals surface area contributed by atoms with Gasteiger partial charge in [-0.2, -0.15) is 5.10 Å². The molecule has 1 heterocycles. The maximum absolute atomic E-state index is 4.52. The SMILES string of the molecule is CCCNC(C)Cc1ccc(-c2cn(C)nc2CC)cc1. The van der Waals surface area contributed by atoms with Crippen LogP contribution in [0.2, 0.25) is 0 Å². The van der Waals surface area contributed by atoms with Crippen molar-refractivity contribution in [1.29, 1.82) is 0 Å². The summed E-state index contributed by atoms with van der Waals surface area (Å²) in [6.45, 7) is 7.70. The molecule has 0 fully saturated rings. The van der Waals surface area contributed by atoms with Gasteiger partial charge in [0.15, 0.2) is 0 Å². The summed E-state index contributed by atoms with van der Waals surface area (Å²) in [7, 11) is 1.98. The van der Waals surface area contributed by atoms with Gasteiger partial charge in [0.05, 0.1) is 5.69 Å². The highest BCUT2D eigenvalue weighted by molar-refractivity contribution is 5.65. The Labute approximate surface area is 128 Å². The predicted octanol–water partition coefficient (Wildman–Crippen LogP) is 3.58. The Hall–Kier alpha value is -1.61. The van der Waals surface area contributed by atoms with E-state index in [1.54, 1.807) is 0 Å². The van der Waals surface area contributed by atoms with Crippen molar-refractivity contribution in [2.75, 3.05) is 6.54 Å². The van der Waals surface area contributed by atoms with E-state index in [0.717, 1.165) is 19.4 Å². The fourth-order valence-corrected chi connectivity index (χ4v) is 2.67. The monoisotopic (exact) mass is 285 g/mol. The summed E-state index contributed by atoms with van der Waals surface area (Å²) in [6, 6.07) is 9.45. The first-order valence-corrected chi connectivity index (χ1v) is 7.99. The first-order chi connectivity index (χ1) is 10.1. The second kappa shape index (κ2) is 7.41. The van der Waals surface area contributed by atoms with Gasteiger partial charge < -0.3 is 5.32 Å². The number of aromatic nitrogens is 2. The largest absolute Gasteiger partial charge is 0.314 e. The third kappa shape index (κ3) is 4.18. The zero-order valence-electron chi connectivity index (χ0n) is 13.7. The summed E-state index contributed by atoms with van der Waals surface area (Å²) in [5.74, 6) is 0. The fraction of sp³-hybridized carbons (Fsp3) is 0.500. The van der Waals surface area contributed by atoms with Gasteiger partial charge >= 0.3 is 0 Å². The van der Waals surface area contributed by atoms with Crippen LogP contribution >= 0.6 is 0 Å². The minimum atomic E-state index is 0.528. The quantitative estimate of drug-likeness (QED) is 0.842. The van der Waals surface area contributed by atoms with E-state index in [2.05, 4.69) is 61.6 Å². The Morgan fingerprint density at radius 3 is 2.52 bits per heavy atom. The van der Waals surface area contributed by atoms with Crippen LogP contribution in [0, 0.1) is 0 Å². The van der Waals surface area contributed by atoms with Gasteiger partial charge in [-0.3, -0.25) is 4.68 Å². The molecule has 0 spiro atoms. The van der Waals surface area contributed by atoms with Gasteiger partial charge in [-0.25, -0.2) is 0 Å². The minimum Gasteiger partial charge on any atom is -0.314 e. The Balaban J connectivity index is 2.08. The first-order valence-electron chi connectivity index (χ1n) is 7.99. The Morgan fingerprint density at radius 2 is 1.90 bits per heavy atom. The smallest absolute Gasteiger partial charge is 0.0700 e. The lowest BCUT2D eigenvalue weighted by Gasteiger charge is -2.13. The third-order valence-corrected chi connectivity index (χ3v) is 3.79. The fourth-order valence-electron chi connectivity index (χ4n) is 2.67. The minimum absolute atomic E-state index is 0.528. The standard InChI is InChI=1S/C18H27N3/c1-5-11-19-14(3)12-15-7-9-16(10-8-15)17-13-21(4)20-18(17)6-2/h7-10,13-14,19H,5-6,11-12H2,1-4H3. The Bertz CT molecular complexity index is 554. The zero-order valence-corrected chi connectivity index (χ0v) is 13.7. The van der Waals surface area contributed by atoms with Gasteiger partial charge in [0.2, 0.25) is 0 Å². The molecule has 1 aromatic carbocycles. The molecular formula is C18H27N3. The summed E-state index contributed by atoms with van der Waals surface area (Å²) >= 11 is 0. The van der Waals surface area contributed by atoms with E-state index >= 15 is 0 Å². The van der Waals surface area contributed by atoms with Crippen LogP contribution < -0.4 is 5.32 Å². The van der Waals surface area contributed by atoms with Crippen molar-refractivity contribution in [3.63, 3.8) is 0 Å². The van der Waals surface area contributed by atoms with Gasteiger partial charge in [0, 0.05) is 24.8 Å². The van der Waals surface area contributed by atoms with E-state index in [-0.39, 0.29) is 0 Å². The Kier molecular flexibility index (Phi) is 5.57. The zero-order chi connectivity index (χ0) is 15.2. The topological polar surface area (TPSA) is 29.9 Å². The molecule has 1 unspecified atom stereocenters. The van der Waals surface area contributed by atoms with Crippen molar-refractivity contribution in [3.05, 3.63) is 41.7 Å². The average Bonchev–Trinajstić information content (AvgIpc) is 2.87. The summed E-state index contributed by atoms with van der Waals surface area (Å²) < 4.78 is 1.90. The molecular weight excluding hydrogens is 258 g/mol. The van der Waals surface area contributed by atoms with Crippen molar-refractivity contribution in [2.45, 2.75) is 46.1 Å². The highest BCUT2D eigenvalue weighted by atomic mass is 15.2. The summed E-state index contributed by atoms with van der Waals surface area (Å²) in [5.41, 5.74) is 5.07. The van der Waals surface area contributed by atoms with E-state index in [1.807, 2.05) is 11.7 Å². The molecule has 0 amide bonds. The van der Waals surface area contributed by atoms with E-state index in [0.29, 0.717) is 6.04 Å². The molecule has 21 heavy (non-hydrogen) atoms. The van der Waals surface area contributed by atoms with Crippen LogP contribution in [0.4, 0.5) is 0 Å². The molecule has 2 rings (SSSR count). The molecule has 1 aromatic heterocycles. The molecule has 1 N–H and O–H groups in total. The van der Waals surface area contributed by atoms with Crippen LogP contribution in [-0.2, 0) is 19.9 Å². The van der Waals surface area contributed by atoms with Crippen molar-refractivity contribution < 1.29 is 0 Å². The second-order valence-electron chi connectivity index (χ2n) is 5.77. The normalized spacial score (nSPS) is 12.6. The van der Waals surface area contributed by atoms with Gasteiger partial charge in [-0.1, -0.05) is 38.1 Å². The second-order valence-corrected chi connectivity index (χ2v) is 5.77. The molecule has 3 nitrogen and oxygen atoms in total. The molecule has 2 aromatic rings. The van der Waals surface area contributed by atoms with E-state index in [1.165, 1.54) is 28.8 Å². The molecule has 3 heteroatoms. The van der Waals surface area contributed by atoms with Crippen molar-refractivity contribution in [2.24, 2.45) is 7.05 Å². The van der Waals surface area contributed by atoms with Crippen LogP contribution in [0.1, 0.15) is 38.4 Å². The van der Waals surface area contributed by atoms with Gasteiger partial charge in [-0.15, -0.1) is 0 Å². The van der Waals surface area contributed by atoms with Crippen molar-refractivity contribution in [1.82, 2.24) is 15.1 Å². The molecule has 114 valence electrons. The Morgan fingerprint density at radius 1 is 1.19 bits per heavy atom. The number of nitrogens with zero attached hydrogens (tertiary/aromatic N) is 2. The number of rotatable bonds is 7. The molecule has 0 saturated carbocycles.